The molecule has 2 rings (SSSR count). The predicted octanol–water partition coefficient (Wildman–Crippen LogP) is 2.72. The minimum atomic E-state index is 0.599. The van der Waals surface area contributed by atoms with Gasteiger partial charge in [-0.25, -0.2) is 0 Å². The lowest BCUT2D eigenvalue weighted by molar-refractivity contribution is 0.109. The number of fused-ring (bicyclic) bond motifs is 1. The van der Waals surface area contributed by atoms with E-state index in [2.05, 4.69) is 52.7 Å². The van der Waals surface area contributed by atoms with Crippen molar-refractivity contribution in [2.75, 3.05) is 45.9 Å². The van der Waals surface area contributed by atoms with E-state index in [1.54, 1.807) is 4.88 Å². The summed E-state index contributed by atoms with van der Waals surface area (Å²) in [5, 5.41) is 8.99. The Hall–Kier alpha value is -1.11. The molecule has 25 heavy (non-hydrogen) atoms. The van der Waals surface area contributed by atoms with E-state index in [0.717, 1.165) is 64.9 Å². The van der Waals surface area contributed by atoms with Crippen LogP contribution in [0.4, 0.5) is 0 Å². The van der Waals surface area contributed by atoms with Crippen molar-refractivity contribution in [1.29, 1.82) is 0 Å². The van der Waals surface area contributed by atoms with Crippen LogP contribution in [0, 0.1) is 5.92 Å². The smallest absolute Gasteiger partial charge is 0.191 e. The highest BCUT2D eigenvalue weighted by Crippen LogP contribution is 2.23. The molecule has 0 atom stereocenters. The van der Waals surface area contributed by atoms with Crippen LogP contribution < -0.4 is 10.6 Å². The molecule has 2 N–H and O–H groups in total. The Morgan fingerprint density at radius 1 is 1.40 bits per heavy atom. The second kappa shape index (κ2) is 11.5. The van der Waals surface area contributed by atoms with Gasteiger partial charge in [0.1, 0.15) is 0 Å². The molecule has 0 amide bonds. The van der Waals surface area contributed by atoms with Gasteiger partial charge in [0.2, 0.25) is 0 Å². The van der Waals surface area contributed by atoms with Crippen LogP contribution in [0.3, 0.4) is 0 Å². The van der Waals surface area contributed by atoms with Gasteiger partial charge in [-0.15, -0.1) is 11.3 Å². The second-order valence-electron chi connectivity index (χ2n) is 6.90. The van der Waals surface area contributed by atoms with Gasteiger partial charge in [-0.1, -0.05) is 13.8 Å². The molecule has 1 aliphatic heterocycles. The fraction of sp³-hybridized carbons (Fsp3) is 0.737. The molecule has 5 nitrogen and oxygen atoms in total. The van der Waals surface area contributed by atoms with E-state index in [9.17, 15) is 0 Å². The van der Waals surface area contributed by atoms with Crippen LogP contribution >= 0.6 is 11.3 Å². The van der Waals surface area contributed by atoms with Gasteiger partial charge in [0.05, 0.1) is 0 Å². The zero-order valence-corrected chi connectivity index (χ0v) is 16.8. The van der Waals surface area contributed by atoms with Crippen molar-refractivity contribution < 1.29 is 4.74 Å². The maximum Gasteiger partial charge on any atom is 0.191 e. The Balaban J connectivity index is 1.62. The van der Waals surface area contributed by atoms with Crippen molar-refractivity contribution in [3.8, 4) is 0 Å². The minimum absolute atomic E-state index is 0.599. The Kier molecular flexibility index (Phi) is 9.29. The Labute approximate surface area is 156 Å². The summed E-state index contributed by atoms with van der Waals surface area (Å²) >= 11 is 1.90. The van der Waals surface area contributed by atoms with E-state index in [0.29, 0.717) is 5.92 Å². The van der Waals surface area contributed by atoms with Crippen molar-refractivity contribution in [2.45, 2.75) is 40.2 Å². The molecule has 2 heterocycles. The van der Waals surface area contributed by atoms with Gasteiger partial charge >= 0.3 is 0 Å². The topological polar surface area (TPSA) is 48.9 Å². The zero-order valence-electron chi connectivity index (χ0n) is 16.0. The van der Waals surface area contributed by atoms with Crippen LogP contribution in [0.15, 0.2) is 16.4 Å². The first kappa shape index (κ1) is 20.2. The molecule has 0 radical (unpaired) electrons. The second-order valence-corrected chi connectivity index (χ2v) is 7.91. The molecule has 0 saturated heterocycles. The molecule has 1 aliphatic rings. The summed E-state index contributed by atoms with van der Waals surface area (Å²) in [6.45, 7) is 14.0. The summed E-state index contributed by atoms with van der Waals surface area (Å²) < 4.78 is 5.60. The van der Waals surface area contributed by atoms with Crippen LogP contribution in [0.2, 0.25) is 0 Å². The molecule has 0 aliphatic carbocycles. The summed E-state index contributed by atoms with van der Waals surface area (Å²) in [7, 11) is 0. The van der Waals surface area contributed by atoms with E-state index in [1.165, 1.54) is 12.0 Å². The first-order valence-electron chi connectivity index (χ1n) is 9.56. The van der Waals surface area contributed by atoms with Crippen LogP contribution in [-0.2, 0) is 17.7 Å². The quantitative estimate of drug-likeness (QED) is 0.380. The summed E-state index contributed by atoms with van der Waals surface area (Å²) in [5.74, 6) is 1.52. The number of aliphatic imine (C=N–C) groups is 1. The molecule has 0 saturated carbocycles. The van der Waals surface area contributed by atoms with Crippen LogP contribution in [0.25, 0.3) is 0 Å². The lowest BCUT2D eigenvalue weighted by Crippen LogP contribution is -2.42. The van der Waals surface area contributed by atoms with E-state index >= 15 is 0 Å². The van der Waals surface area contributed by atoms with Crippen molar-refractivity contribution in [3.63, 3.8) is 0 Å². The third-order valence-electron chi connectivity index (χ3n) is 4.12. The third kappa shape index (κ3) is 7.75. The van der Waals surface area contributed by atoms with Crippen molar-refractivity contribution in [3.05, 3.63) is 21.9 Å². The molecule has 1 aromatic heterocycles. The van der Waals surface area contributed by atoms with Gasteiger partial charge in [-0.05, 0) is 42.7 Å². The zero-order chi connectivity index (χ0) is 17.9. The average molecular weight is 367 g/mol. The number of ether oxygens (including phenoxy) is 1. The minimum Gasteiger partial charge on any atom is -0.381 e. The van der Waals surface area contributed by atoms with E-state index in [-0.39, 0.29) is 0 Å². The molecular formula is C19H34N4OS. The summed E-state index contributed by atoms with van der Waals surface area (Å²) in [5.41, 5.74) is 1.51. The number of hydrogen-bond donors (Lipinski definition) is 2. The largest absolute Gasteiger partial charge is 0.381 e. The highest BCUT2D eigenvalue weighted by molar-refractivity contribution is 7.10. The third-order valence-corrected chi connectivity index (χ3v) is 5.14. The van der Waals surface area contributed by atoms with Gasteiger partial charge in [0.25, 0.3) is 0 Å². The van der Waals surface area contributed by atoms with Crippen LogP contribution in [0.5, 0.6) is 0 Å². The first-order chi connectivity index (χ1) is 12.2. The highest BCUT2D eigenvalue weighted by atomic mass is 32.1. The highest BCUT2D eigenvalue weighted by Gasteiger charge is 2.16. The fourth-order valence-corrected chi connectivity index (χ4v) is 3.74. The van der Waals surface area contributed by atoms with Crippen molar-refractivity contribution >= 4 is 17.3 Å². The molecule has 0 bridgehead atoms. The number of nitrogens with zero attached hydrogens (tertiary/aromatic N) is 2. The normalized spacial score (nSPS) is 15.4. The fourth-order valence-electron chi connectivity index (χ4n) is 2.85. The van der Waals surface area contributed by atoms with Gasteiger partial charge in [-0.2, -0.15) is 0 Å². The van der Waals surface area contributed by atoms with Crippen molar-refractivity contribution in [2.24, 2.45) is 10.9 Å². The molecular weight excluding hydrogens is 332 g/mol. The Bertz CT molecular complexity index is 515. The van der Waals surface area contributed by atoms with Gasteiger partial charge in [-0.3, -0.25) is 9.89 Å². The molecule has 0 unspecified atom stereocenters. The summed E-state index contributed by atoms with van der Waals surface area (Å²) in [6, 6.07) is 2.27. The van der Waals surface area contributed by atoms with Gasteiger partial charge in [0.15, 0.2) is 5.96 Å². The van der Waals surface area contributed by atoms with E-state index in [1.807, 2.05) is 11.3 Å². The molecule has 1 aromatic rings. The molecule has 142 valence electrons. The molecule has 0 aromatic carbocycles. The van der Waals surface area contributed by atoms with Crippen molar-refractivity contribution in [1.82, 2.24) is 15.5 Å². The Morgan fingerprint density at radius 2 is 2.28 bits per heavy atom. The number of guanidine groups is 1. The SMILES string of the molecule is CCNC(=NCCCOCC(C)C)NCCN1CCc2sccc2C1. The maximum absolute atomic E-state index is 5.60. The number of nitrogens with one attached hydrogen (secondary N) is 2. The number of hydrogen-bond acceptors (Lipinski definition) is 4. The monoisotopic (exact) mass is 366 g/mol. The summed E-state index contributed by atoms with van der Waals surface area (Å²) in [6.07, 6.45) is 2.16. The Morgan fingerprint density at radius 3 is 3.08 bits per heavy atom. The predicted molar refractivity (Wildman–Crippen MR) is 108 cm³/mol. The lowest BCUT2D eigenvalue weighted by atomic mass is 10.1. The van der Waals surface area contributed by atoms with E-state index in [4.69, 9.17) is 4.74 Å². The lowest BCUT2D eigenvalue weighted by Gasteiger charge is -2.27. The van der Waals surface area contributed by atoms with Gasteiger partial charge < -0.3 is 15.4 Å². The maximum atomic E-state index is 5.60. The standard InChI is InChI=1S/C19H34N4OS/c1-4-20-19(21-8-5-12-24-15-16(2)3)22-9-11-23-10-6-18-17(14-23)7-13-25-18/h7,13,16H,4-6,8-12,14-15H2,1-3H3,(H2,20,21,22). The van der Waals surface area contributed by atoms with Crippen LogP contribution in [-0.4, -0.2) is 56.8 Å². The summed E-state index contributed by atoms with van der Waals surface area (Å²) in [4.78, 5) is 8.73. The average Bonchev–Trinajstić information content (AvgIpc) is 3.05. The van der Waals surface area contributed by atoms with Crippen LogP contribution in [0.1, 0.15) is 37.6 Å². The molecule has 6 heteroatoms. The van der Waals surface area contributed by atoms with Gasteiger partial charge in [0, 0.05) is 57.4 Å². The molecule has 0 fully saturated rings. The number of thiophene rings is 1. The first-order valence-corrected chi connectivity index (χ1v) is 10.4. The van der Waals surface area contributed by atoms with E-state index < -0.39 is 0 Å². The molecule has 0 spiro atoms. The number of rotatable bonds is 10.